The first-order valence-electron chi connectivity index (χ1n) is 5.19. The first kappa shape index (κ1) is 10.5. The number of phenols is 1. The van der Waals surface area contributed by atoms with Crippen LogP contribution in [-0.2, 0) is 6.54 Å². The largest absolute Gasteiger partial charge is 0.508 e. The summed E-state index contributed by atoms with van der Waals surface area (Å²) in [6.45, 7) is 0.605. The monoisotopic (exact) mass is 214 g/mol. The van der Waals surface area contributed by atoms with Gasteiger partial charge in [0, 0.05) is 24.5 Å². The van der Waals surface area contributed by atoms with E-state index in [0.717, 1.165) is 5.56 Å². The zero-order valence-electron chi connectivity index (χ0n) is 8.88. The first-order valence-corrected chi connectivity index (χ1v) is 5.19. The second kappa shape index (κ2) is 4.66. The van der Waals surface area contributed by atoms with Crippen LogP contribution in [-0.4, -0.2) is 22.3 Å². The van der Waals surface area contributed by atoms with E-state index in [2.05, 4.69) is 0 Å². The van der Waals surface area contributed by atoms with E-state index in [1.807, 2.05) is 41.5 Å². The molecule has 3 nitrogen and oxygen atoms in total. The Bertz CT molecular complexity index is 437. The van der Waals surface area contributed by atoms with E-state index in [9.17, 15) is 5.11 Å². The number of allylic oxidation sites excluding steroid dienone is 2. The summed E-state index contributed by atoms with van der Waals surface area (Å²) in [6, 6.07) is 7.25. The summed E-state index contributed by atoms with van der Waals surface area (Å²) in [5.74, 6) is 0.300. The maximum Gasteiger partial charge on any atom is 0.120 e. The van der Waals surface area contributed by atoms with Crippen LogP contribution in [0.5, 0.6) is 5.75 Å². The summed E-state index contributed by atoms with van der Waals surface area (Å²) in [5.41, 5.74) is 0.870. The van der Waals surface area contributed by atoms with Crippen molar-refractivity contribution < 1.29 is 5.11 Å². The van der Waals surface area contributed by atoms with Crippen molar-refractivity contribution in [1.82, 2.24) is 4.90 Å². The molecule has 16 heavy (non-hydrogen) atoms. The highest BCUT2D eigenvalue weighted by Crippen LogP contribution is 2.20. The number of phenolic OH excluding ortho intramolecular Hbond substituents is 1. The Morgan fingerprint density at radius 1 is 1.31 bits per heavy atom. The third kappa shape index (κ3) is 2.14. The molecular weight excluding hydrogens is 200 g/mol. The lowest BCUT2D eigenvalue weighted by molar-refractivity contribution is 0.356. The number of rotatable bonds is 3. The van der Waals surface area contributed by atoms with Crippen molar-refractivity contribution in [2.24, 2.45) is 0 Å². The van der Waals surface area contributed by atoms with E-state index in [4.69, 9.17) is 5.41 Å². The van der Waals surface area contributed by atoms with Gasteiger partial charge < -0.3 is 15.4 Å². The fourth-order valence-corrected chi connectivity index (χ4v) is 1.70. The summed E-state index contributed by atoms with van der Waals surface area (Å²) in [6.07, 6.45) is 9.13. The maximum atomic E-state index is 9.67. The molecule has 0 saturated heterocycles. The van der Waals surface area contributed by atoms with Gasteiger partial charge in [0.05, 0.1) is 6.04 Å². The molecule has 1 heterocycles. The number of nitrogens with zero attached hydrogens (tertiary/aromatic N) is 1. The van der Waals surface area contributed by atoms with Gasteiger partial charge in [-0.1, -0.05) is 30.4 Å². The Morgan fingerprint density at radius 2 is 2.12 bits per heavy atom. The highest BCUT2D eigenvalue weighted by molar-refractivity contribution is 5.64. The molecule has 0 aliphatic carbocycles. The Balaban J connectivity index is 2.15. The summed E-state index contributed by atoms with van der Waals surface area (Å²) >= 11 is 0. The van der Waals surface area contributed by atoms with E-state index < -0.39 is 0 Å². The molecule has 1 aromatic carbocycles. The number of hydrogen-bond donors (Lipinski definition) is 2. The van der Waals surface area contributed by atoms with Gasteiger partial charge in [-0.25, -0.2) is 0 Å². The molecule has 0 bridgehead atoms. The van der Waals surface area contributed by atoms with E-state index >= 15 is 0 Å². The van der Waals surface area contributed by atoms with E-state index in [0.29, 0.717) is 12.3 Å². The number of hydrogen-bond acceptors (Lipinski definition) is 3. The molecule has 1 atom stereocenters. The molecular formula is C13H14N2O. The standard InChI is InChI=1S/C13H14N2O/c14-9-12-6-3-4-8-15(12)10-11-5-1-2-7-13(11)16/h1-9,12,14,16H,10H2. The van der Waals surface area contributed by atoms with Crippen molar-refractivity contribution in [3.63, 3.8) is 0 Å². The van der Waals surface area contributed by atoms with Crippen molar-refractivity contribution in [2.75, 3.05) is 0 Å². The van der Waals surface area contributed by atoms with Gasteiger partial charge in [0.25, 0.3) is 0 Å². The van der Waals surface area contributed by atoms with Gasteiger partial charge >= 0.3 is 0 Å². The molecule has 82 valence electrons. The molecule has 1 aliphatic heterocycles. The number of para-hydroxylation sites is 1. The van der Waals surface area contributed by atoms with Crippen LogP contribution in [0.25, 0.3) is 0 Å². The fourth-order valence-electron chi connectivity index (χ4n) is 1.70. The van der Waals surface area contributed by atoms with Crippen LogP contribution in [0.2, 0.25) is 0 Å². The van der Waals surface area contributed by atoms with E-state index in [-0.39, 0.29) is 6.04 Å². The lowest BCUT2D eigenvalue weighted by Gasteiger charge is -2.27. The highest BCUT2D eigenvalue weighted by atomic mass is 16.3. The van der Waals surface area contributed by atoms with Gasteiger partial charge in [-0.15, -0.1) is 0 Å². The molecule has 0 aromatic heterocycles. The number of benzene rings is 1. The zero-order chi connectivity index (χ0) is 11.4. The maximum absolute atomic E-state index is 9.67. The first-order chi connectivity index (χ1) is 7.81. The van der Waals surface area contributed by atoms with Gasteiger partial charge in [0.1, 0.15) is 5.75 Å². The number of aromatic hydroxyl groups is 1. The van der Waals surface area contributed by atoms with Crippen molar-refractivity contribution >= 4 is 6.21 Å². The van der Waals surface area contributed by atoms with Gasteiger partial charge in [0.2, 0.25) is 0 Å². The molecule has 2 rings (SSSR count). The minimum Gasteiger partial charge on any atom is -0.508 e. The minimum atomic E-state index is -0.0235. The van der Waals surface area contributed by atoms with Crippen LogP contribution in [0.1, 0.15) is 5.56 Å². The van der Waals surface area contributed by atoms with Crippen molar-refractivity contribution in [3.05, 3.63) is 54.3 Å². The van der Waals surface area contributed by atoms with Crippen LogP contribution in [0.3, 0.4) is 0 Å². The van der Waals surface area contributed by atoms with Crippen molar-refractivity contribution in [1.29, 1.82) is 5.41 Å². The Morgan fingerprint density at radius 3 is 2.88 bits per heavy atom. The van der Waals surface area contributed by atoms with Gasteiger partial charge in [-0.3, -0.25) is 0 Å². The average molecular weight is 214 g/mol. The van der Waals surface area contributed by atoms with Crippen LogP contribution in [0.15, 0.2) is 48.7 Å². The van der Waals surface area contributed by atoms with Crippen molar-refractivity contribution in [3.8, 4) is 5.75 Å². The van der Waals surface area contributed by atoms with Crippen LogP contribution >= 0.6 is 0 Å². The second-order valence-corrected chi connectivity index (χ2v) is 3.68. The number of nitrogens with one attached hydrogen (secondary N) is 1. The quantitative estimate of drug-likeness (QED) is 0.758. The van der Waals surface area contributed by atoms with Gasteiger partial charge in [-0.05, 0) is 12.1 Å². The average Bonchev–Trinajstić information content (AvgIpc) is 2.33. The molecule has 1 unspecified atom stereocenters. The third-order valence-corrected chi connectivity index (χ3v) is 2.60. The summed E-state index contributed by atoms with van der Waals surface area (Å²) < 4.78 is 0. The highest BCUT2D eigenvalue weighted by Gasteiger charge is 2.13. The summed E-state index contributed by atoms with van der Waals surface area (Å²) in [4.78, 5) is 2.00. The zero-order valence-corrected chi connectivity index (χ0v) is 8.88. The lowest BCUT2D eigenvalue weighted by atomic mass is 10.1. The Kier molecular flexibility index (Phi) is 3.05. The second-order valence-electron chi connectivity index (χ2n) is 3.68. The smallest absolute Gasteiger partial charge is 0.120 e. The van der Waals surface area contributed by atoms with Crippen LogP contribution < -0.4 is 0 Å². The fraction of sp³-hybridized carbons (Fsp3) is 0.154. The lowest BCUT2D eigenvalue weighted by Crippen LogP contribution is -2.30. The molecule has 0 radical (unpaired) electrons. The summed E-state index contributed by atoms with van der Waals surface area (Å²) in [5, 5.41) is 17.0. The third-order valence-electron chi connectivity index (χ3n) is 2.60. The van der Waals surface area contributed by atoms with E-state index in [1.165, 1.54) is 6.21 Å². The topological polar surface area (TPSA) is 47.3 Å². The molecule has 0 fully saturated rings. The molecule has 3 heteroatoms. The predicted molar refractivity (Wildman–Crippen MR) is 64.5 cm³/mol. The SMILES string of the molecule is N=CC1C=CC=CN1Cc1ccccc1O. The van der Waals surface area contributed by atoms with Crippen LogP contribution in [0.4, 0.5) is 0 Å². The molecule has 0 saturated carbocycles. The molecule has 1 aromatic rings. The predicted octanol–water partition coefficient (Wildman–Crippen LogP) is 2.30. The van der Waals surface area contributed by atoms with Gasteiger partial charge in [0.15, 0.2) is 0 Å². The Hall–Kier alpha value is -2.03. The van der Waals surface area contributed by atoms with Crippen LogP contribution in [0, 0.1) is 5.41 Å². The molecule has 2 N–H and O–H groups in total. The molecule has 0 spiro atoms. The molecule has 1 aliphatic rings. The van der Waals surface area contributed by atoms with Crippen molar-refractivity contribution in [2.45, 2.75) is 12.6 Å². The summed E-state index contributed by atoms with van der Waals surface area (Å²) in [7, 11) is 0. The molecule has 0 amide bonds. The minimum absolute atomic E-state index is 0.0235. The Labute approximate surface area is 94.8 Å². The van der Waals surface area contributed by atoms with E-state index in [1.54, 1.807) is 12.1 Å². The normalized spacial score (nSPS) is 18.8. The van der Waals surface area contributed by atoms with Gasteiger partial charge in [-0.2, -0.15) is 0 Å².